The lowest BCUT2D eigenvalue weighted by Gasteiger charge is -2.16. The average molecular weight is 198 g/mol. The van der Waals surface area contributed by atoms with Crippen LogP contribution in [0.15, 0.2) is 0 Å². The van der Waals surface area contributed by atoms with E-state index >= 15 is 0 Å². The molecule has 0 aromatic carbocycles. The Morgan fingerprint density at radius 1 is 1.21 bits per heavy atom. The summed E-state index contributed by atoms with van der Waals surface area (Å²) in [6.07, 6.45) is 10.9. The molecule has 14 heavy (non-hydrogen) atoms. The normalized spacial score (nSPS) is 21.9. The summed E-state index contributed by atoms with van der Waals surface area (Å²) in [7, 11) is 0. The first-order chi connectivity index (χ1) is 6.79. The fraction of sp³-hybridized carbons (Fsp3) is 1.00. The van der Waals surface area contributed by atoms with E-state index in [0.29, 0.717) is 6.04 Å². The van der Waals surface area contributed by atoms with Crippen LogP contribution < -0.4 is 11.1 Å². The van der Waals surface area contributed by atoms with Crippen LogP contribution in [0, 0.1) is 0 Å². The van der Waals surface area contributed by atoms with Gasteiger partial charge in [-0.1, -0.05) is 25.7 Å². The van der Waals surface area contributed by atoms with Crippen LogP contribution in [0.3, 0.4) is 0 Å². The molecule has 0 aromatic heterocycles. The highest BCUT2D eigenvalue weighted by molar-refractivity contribution is 4.70. The molecule has 0 spiro atoms. The fourth-order valence-electron chi connectivity index (χ4n) is 2.21. The number of nitrogens with one attached hydrogen (secondary N) is 1. The van der Waals surface area contributed by atoms with Gasteiger partial charge in [0.25, 0.3) is 0 Å². The van der Waals surface area contributed by atoms with Gasteiger partial charge in [-0.2, -0.15) is 0 Å². The van der Waals surface area contributed by atoms with Crippen molar-refractivity contribution >= 4 is 0 Å². The van der Waals surface area contributed by atoms with Crippen LogP contribution in [0.2, 0.25) is 0 Å². The van der Waals surface area contributed by atoms with Gasteiger partial charge in [0.1, 0.15) is 0 Å². The molecule has 3 N–H and O–H groups in total. The molecule has 0 heterocycles. The molecular formula is C12H26N2. The zero-order valence-corrected chi connectivity index (χ0v) is 9.60. The molecule has 0 amide bonds. The van der Waals surface area contributed by atoms with E-state index in [9.17, 15) is 0 Å². The molecule has 1 aliphatic rings. The summed E-state index contributed by atoms with van der Waals surface area (Å²) in [6.45, 7) is 3.25. The van der Waals surface area contributed by atoms with Crippen LogP contribution in [-0.4, -0.2) is 18.6 Å². The molecule has 1 unspecified atom stereocenters. The number of hydrogen-bond donors (Lipinski definition) is 2. The smallest absolute Gasteiger partial charge is 0.00670 e. The lowest BCUT2D eigenvalue weighted by Crippen LogP contribution is -2.30. The van der Waals surface area contributed by atoms with E-state index in [-0.39, 0.29) is 0 Å². The predicted octanol–water partition coefficient (Wildman–Crippen LogP) is 2.43. The molecule has 2 heteroatoms. The first-order valence-corrected chi connectivity index (χ1v) is 6.28. The SMILES string of the molecule is CC(N)CCCNC1CCCCCC1. The minimum Gasteiger partial charge on any atom is -0.328 e. The summed E-state index contributed by atoms with van der Waals surface area (Å²) in [5.41, 5.74) is 5.71. The molecule has 1 atom stereocenters. The van der Waals surface area contributed by atoms with E-state index in [2.05, 4.69) is 12.2 Å². The Hall–Kier alpha value is -0.0800. The van der Waals surface area contributed by atoms with Gasteiger partial charge in [-0.15, -0.1) is 0 Å². The Bertz CT molecular complexity index is 126. The standard InChI is InChI=1S/C12H26N2/c1-11(13)7-6-10-14-12-8-4-2-3-5-9-12/h11-12,14H,2-10,13H2,1H3. The number of hydrogen-bond acceptors (Lipinski definition) is 2. The van der Waals surface area contributed by atoms with Gasteiger partial charge in [0.05, 0.1) is 0 Å². The average Bonchev–Trinajstić information content (AvgIpc) is 2.40. The Kier molecular flexibility index (Phi) is 6.20. The van der Waals surface area contributed by atoms with Crippen molar-refractivity contribution in [3.8, 4) is 0 Å². The Morgan fingerprint density at radius 3 is 2.43 bits per heavy atom. The fourth-order valence-corrected chi connectivity index (χ4v) is 2.21. The van der Waals surface area contributed by atoms with Gasteiger partial charge < -0.3 is 11.1 Å². The molecule has 1 rings (SSSR count). The van der Waals surface area contributed by atoms with Crippen LogP contribution in [0.4, 0.5) is 0 Å². The maximum absolute atomic E-state index is 5.71. The Morgan fingerprint density at radius 2 is 1.86 bits per heavy atom. The Labute approximate surface area is 88.6 Å². The molecule has 1 aliphatic carbocycles. The lowest BCUT2D eigenvalue weighted by atomic mass is 10.1. The van der Waals surface area contributed by atoms with Gasteiger partial charge >= 0.3 is 0 Å². The van der Waals surface area contributed by atoms with Crippen molar-refractivity contribution in [3.05, 3.63) is 0 Å². The quantitative estimate of drug-likeness (QED) is 0.526. The van der Waals surface area contributed by atoms with Gasteiger partial charge in [-0.25, -0.2) is 0 Å². The third-order valence-corrected chi connectivity index (χ3v) is 3.12. The van der Waals surface area contributed by atoms with Crippen LogP contribution in [0.1, 0.15) is 58.3 Å². The van der Waals surface area contributed by atoms with Gasteiger partial charge in [-0.05, 0) is 39.2 Å². The van der Waals surface area contributed by atoms with E-state index in [4.69, 9.17) is 5.73 Å². The van der Waals surface area contributed by atoms with Crippen molar-refractivity contribution in [3.63, 3.8) is 0 Å². The zero-order chi connectivity index (χ0) is 10.2. The topological polar surface area (TPSA) is 38.0 Å². The van der Waals surface area contributed by atoms with Gasteiger partial charge in [-0.3, -0.25) is 0 Å². The molecule has 0 aliphatic heterocycles. The maximum atomic E-state index is 5.71. The first kappa shape index (κ1) is 12.0. The molecule has 84 valence electrons. The van der Waals surface area contributed by atoms with Crippen LogP contribution in [-0.2, 0) is 0 Å². The highest BCUT2D eigenvalue weighted by Gasteiger charge is 2.10. The summed E-state index contributed by atoms with van der Waals surface area (Å²) in [4.78, 5) is 0. The summed E-state index contributed by atoms with van der Waals surface area (Å²) in [5.74, 6) is 0. The minimum atomic E-state index is 0.367. The van der Waals surface area contributed by atoms with Gasteiger partial charge in [0.2, 0.25) is 0 Å². The Balaban J connectivity index is 1.99. The number of nitrogens with two attached hydrogens (primary N) is 1. The van der Waals surface area contributed by atoms with Crippen molar-refractivity contribution < 1.29 is 0 Å². The lowest BCUT2D eigenvalue weighted by molar-refractivity contribution is 0.446. The predicted molar refractivity (Wildman–Crippen MR) is 62.4 cm³/mol. The maximum Gasteiger partial charge on any atom is 0.00670 e. The summed E-state index contributed by atoms with van der Waals surface area (Å²) >= 11 is 0. The highest BCUT2D eigenvalue weighted by Crippen LogP contribution is 2.17. The molecule has 0 saturated heterocycles. The second-order valence-electron chi connectivity index (χ2n) is 4.76. The van der Waals surface area contributed by atoms with Crippen molar-refractivity contribution in [1.29, 1.82) is 0 Å². The van der Waals surface area contributed by atoms with E-state index in [1.54, 1.807) is 0 Å². The van der Waals surface area contributed by atoms with Crippen LogP contribution in [0.5, 0.6) is 0 Å². The molecule has 0 bridgehead atoms. The largest absolute Gasteiger partial charge is 0.328 e. The van der Waals surface area contributed by atoms with E-state index in [1.165, 1.54) is 44.9 Å². The first-order valence-electron chi connectivity index (χ1n) is 6.28. The molecule has 0 aromatic rings. The molecule has 1 saturated carbocycles. The molecule has 0 radical (unpaired) electrons. The van der Waals surface area contributed by atoms with Gasteiger partial charge in [0, 0.05) is 12.1 Å². The van der Waals surface area contributed by atoms with E-state index < -0.39 is 0 Å². The van der Waals surface area contributed by atoms with Crippen molar-refractivity contribution in [2.75, 3.05) is 6.54 Å². The summed E-state index contributed by atoms with van der Waals surface area (Å²) in [6, 6.07) is 1.16. The third-order valence-electron chi connectivity index (χ3n) is 3.12. The highest BCUT2D eigenvalue weighted by atomic mass is 14.9. The molecular weight excluding hydrogens is 172 g/mol. The van der Waals surface area contributed by atoms with Crippen molar-refractivity contribution in [2.24, 2.45) is 5.73 Å². The number of rotatable bonds is 5. The monoisotopic (exact) mass is 198 g/mol. The second kappa shape index (κ2) is 7.24. The van der Waals surface area contributed by atoms with Crippen LogP contribution in [0.25, 0.3) is 0 Å². The molecule has 2 nitrogen and oxygen atoms in total. The third kappa shape index (κ3) is 5.61. The molecule has 1 fully saturated rings. The summed E-state index contributed by atoms with van der Waals surface area (Å²) in [5, 5.41) is 3.66. The van der Waals surface area contributed by atoms with Gasteiger partial charge in [0.15, 0.2) is 0 Å². The van der Waals surface area contributed by atoms with Crippen molar-refractivity contribution in [1.82, 2.24) is 5.32 Å². The summed E-state index contributed by atoms with van der Waals surface area (Å²) < 4.78 is 0. The van der Waals surface area contributed by atoms with E-state index in [1.807, 2.05) is 0 Å². The van der Waals surface area contributed by atoms with Crippen molar-refractivity contribution in [2.45, 2.75) is 70.4 Å². The van der Waals surface area contributed by atoms with Crippen LogP contribution >= 0.6 is 0 Å². The second-order valence-corrected chi connectivity index (χ2v) is 4.76. The zero-order valence-electron chi connectivity index (χ0n) is 9.60. The minimum absolute atomic E-state index is 0.367. The van der Waals surface area contributed by atoms with E-state index in [0.717, 1.165) is 19.0 Å².